The highest BCUT2D eigenvalue weighted by Crippen LogP contribution is 2.02. The van der Waals surface area contributed by atoms with Crippen LogP contribution in [0.3, 0.4) is 0 Å². The Morgan fingerprint density at radius 3 is 2.65 bits per heavy atom. The van der Waals surface area contributed by atoms with Crippen molar-refractivity contribution in [3.8, 4) is 0 Å². The minimum atomic E-state index is 0.143. The zero-order valence-corrected chi connectivity index (χ0v) is 13.2. The Morgan fingerprint density at radius 1 is 1.30 bits per heavy atom. The molecule has 0 atom stereocenters. The average Bonchev–Trinajstić information content (AvgIpc) is 2.69. The van der Waals surface area contributed by atoms with Crippen LogP contribution in [0.2, 0.25) is 0 Å². The van der Waals surface area contributed by atoms with Crippen LogP contribution < -0.4 is 10.6 Å². The Balaban J connectivity index is 2.06. The molecule has 0 unspecified atom stereocenters. The molecule has 0 radical (unpaired) electrons. The molecule has 0 saturated carbocycles. The van der Waals surface area contributed by atoms with Gasteiger partial charge in [0.1, 0.15) is 0 Å². The van der Waals surface area contributed by atoms with E-state index in [0.717, 1.165) is 38.2 Å². The molecule has 5 heteroatoms. The third-order valence-corrected chi connectivity index (χ3v) is 3.11. The number of rotatable bonds is 9. The highest BCUT2D eigenvalue weighted by molar-refractivity contribution is 5.75. The molecule has 1 aromatic heterocycles. The molecule has 0 aliphatic heterocycles. The van der Waals surface area contributed by atoms with Gasteiger partial charge in [-0.05, 0) is 39.3 Å². The quantitative estimate of drug-likeness (QED) is 0.678. The summed E-state index contributed by atoms with van der Waals surface area (Å²) in [5, 5.41) is 10.7. The molecule has 0 aliphatic rings. The van der Waals surface area contributed by atoms with Gasteiger partial charge in [0.05, 0.1) is 5.69 Å². The fourth-order valence-corrected chi connectivity index (χ4v) is 2.09. The summed E-state index contributed by atoms with van der Waals surface area (Å²) in [5.41, 5.74) is 2.22. The van der Waals surface area contributed by atoms with Gasteiger partial charge in [-0.3, -0.25) is 9.48 Å². The monoisotopic (exact) mass is 280 g/mol. The molecule has 1 amide bonds. The van der Waals surface area contributed by atoms with Crippen LogP contribution in [0.1, 0.15) is 44.5 Å². The van der Waals surface area contributed by atoms with Crippen molar-refractivity contribution in [3.63, 3.8) is 0 Å². The van der Waals surface area contributed by atoms with E-state index in [4.69, 9.17) is 0 Å². The minimum absolute atomic E-state index is 0.143. The number of hydrogen-bond acceptors (Lipinski definition) is 3. The zero-order chi connectivity index (χ0) is 15.0. The molecule has 0 aromatic carbocycles. The first-order valence-electron chi connectivity index (χ1n) is 7.50. The van der Waals surface area contributed by atoms with Gasteiger partial charge in [-0.2, -0.15) is 5.10 Å². The van der Waals surface area contributed by atoms with Crippen molar-refractivity contribution >= 4 is 5.91 Å². The van der Waals surface area contributed by atoms with Crippen molar-refractivity contribution in [1.29, 1.82) is 0 Å². The second kappa shape index (κ2) is 8.74. The van der Waals surface area contributed by atoms with Gasteiger partial charge in [0.25, 0.3) is 0 Å². The number of nitrogens with zero attached hydrogens (tertiary/aromatic N) is 2. The topological polar surface area (TPSA) is 59.0 Å². The smallest absolute Gasteiger partial charge is 0.220 e. The summed E-state index contributed by atoms with van der Waals surface area (Å²) >= 11 is 0. The van der Waals surface area contributed by atoms with E-state index >= 15 is 0 Å². The van der Waals surface area contributed by atoms with E-state index in [-0.39, 0.29) is 5.91 Å². The molecule has 114 valence electrons. The molecular weight excluding hydrogens is 252 g/mol. The molecule has 20 heavy (non-hydrogen) atoms. The van der Waals surface area contributed by atoms with Crippen molar-refractivity contribution in [2.24, 2.45) is 0 Å². The van der Waals surface area contributed by atoms with Crippen LogP contribution in [0.5, 0.6) is 0 Å². The van der Waals surface area contributed by atoms with E-state index in [1.165, 1.54) is 5.69 Å². The molecule has 0 bridgehead atoms. The van der Waals surface area contributed by atoms with Crippen LogP contribution in [0, 0.1) is 13.8 Å². The number of aryl methyl sites for hydroxylation is 3. The molecule has 1 rings (SSSR count). The lowest BCUT2D eigenvalue weighted by atomic mass is 10.2. The van der Waals surface area contributed by atoms with Crippen molar-refractivity contribution in [2.75, 3.05) is 13.1 Å². The van der Waals surface area contributed by atoms with Crippen LogP contribution in [0.15, 0.2) is 6.07 Å². The predicted octanol–water partition coefficient (Wildman–Crippen LogP) is 1.78. The Kier molecular flexibility index (Phi) is 7.30. The third kappa shape index (κ3) is 6.70. The Hall–Kier alpha value is -1.36. The average molecular weight is 280 g/mol. The van der Waals surface area contributed by atoms with E-state index in [1.807, 2.05) is 11.6 Å². The summed E-state index contributed by atoms with van der Waals surface area (Å²) in [6.07, 6.45) is 2.40. The summed E-state index contributed by atoms with van der Waals surface area (Å²) in [7, 11) is 0. The second-order valence-electron chi connectivity index (χ2n) is 5.57. The number of nitrogens with one attached hydrogen (secondary N) is 2. The van der Waals surface area contributed by atoms with Crippen LogP contribution in [0.4, 0.5) is 0 Å². The van der Waals surface area contributed by atoms with E-state index in [9.17, 15) is 4.79 Å². The Morgan fingerprint density at radius 2 is 2.05 bits per heavy atom. The summed E-state index contributed by atoms with van der Waals surface area (Å²) in [6.45, 7) is 10.7. The molecule has 1 heterocycles. The van der Waals surface area contributed by atoms with Gasteiger partial charge in [0.2, 0.25) is 5.91 Å². The molecule has 0 saturated heterocycles. The predicted molar refractivity (Wildman–Crippen MR) is 81.7 cm³/mol. The van der Waals surface area contributed by atoms with Gasteiger partial charge in [0.15, 0.2) is 0 Å². The molecule has 0 spiro atoms. The van der Waals surface area contributed by atoms with Crippen LogP contribution in [0.25, 0.3) is 0 Å². The first-order chi connectivity index (χ1) is 9.49. The van der Waals surface area contributed by atoms with E-state index in [1.54, 1.807) is 0 Å². The van der Waals surface area contributed by atoms with Gasteiger partial charge in [-0.1, -0.05) is 13.8 Å². The maximum Gasteiger partial charge on any atom is 0.220 e. The zero-order valence-electron chi connectivity index (χ0n) is 13.2. The van der Waals surface area contributed by atoms with Crippen molar-refractivity contribution < 1.29 is 4.79 Å². The lowest BCUT2D eigenvalue weighted by Crippen LogP contribution is -2.28. The fourth-order valence-electron chi connectivity index (χ4n) is 2.09. The van der Waals surface area contributed by atoms with Crippen LogP contribution >= 0.6 is 0 Å². The number of hydrogen-bond donors (Lipinski definition) is 2. The number of carbonyl (C=O) groups excluding carboxylic acids is 1. The molecule has 0 fully saturated rings. The summed E-state index contributed by atoms with van der Waals surface area (Å²) < 4.78 is 1.99. The number of aromatic nitrogens is 2. The van der Waals surface area contributed by atoms with Gasteiger partial charge >= 0.3 is 0 Å². The number of amides is 1. The van der Waals surface area contributed by atoms with Gasteiger partial charge in [-0.25, -0.2) is 0 Å². The second-order valence-corrected chi connectivity index (χ2v) is 5.57. The summed E-state index contributed by atoms with van der Waals surface area (Å²) in [5.74, 6) is 0.143. The summed E-state index contributed by atoms with van der Waals surface area (Å²) in [6, 6.07) is 2.55. The van der Waals surface area contributed by atoms with E-state index in [2.05, 4.69) is 42.6 Å². The largest absolute Gasteiger partial charge is 0.356 e. The van der Waals surface area contributed by atoms with Crippen LogP contribution in [-0.2, 0) is 11.3 Å². The molecule has 2 N–H and O–H groups in total. The SMILES string of the molecule is Cc1cc(C)n(CCCNC(=O)CCCNC(C)C)n1. The highest BCUT2D eigenvalue weighted by Gasteiger charge is 2.03. The minimum Gasteiger partial charge on any atom is -0.356 e. The maximum atomic E-state index is 11.6. The van der Waals surface area contributed by atoms with Crippen LogP contribution in [-0.4, -0.2) is 34.8 Å². The lowest BCUT2D eigenvalue weighted by Gasteiger charge is -2.08. The van der Waals surface area contributed by atoms with E-state index in [0.29, 0.717) is 12.5 Å². The van der Waals surface area contributed by atoms with Crippen molar-refractivity contribution in [1.82, 2.24) is 20.4 Å². The van der Waals surface area contributed by atoms with Gasteiger partial charge in [0, 0.05) is 31.2 Å². The molecular formula is C15H28N4O. The van der Waals surface area contributed by atoms with Gasteiger partial charge < -0.3 is 10.6 Å². The first kappa shape index (κ1) is 16.7. The Labute approximate surface area is 122 Å². The fraction of sp³-hybridized carbons (Fsp3) is 0.733. The summed E-state index contributed by atoms with van der Waals surface area (Å²) in [4.78, 5) is 11.6. The van der Waals surface area contributed by atoms with Crippen molar-refractivity contribution in [3.05, 3.63) is 17.5 Å². The molecule has 0 aliphatic carbocycles. The third-order valence-electron chi connectivity index (χ3n) is 3.11. The van der Waals surface area contributed by atoms with Gasteiger partial charge in [-0.15, -0.1) is 0 Å². The number of carbonyl (C=O) groups is 1. The lowest BCUT2D eigenvalue weighted by molar-refractivity contribution is -0.121. The normalized spacial score (nSPS) is 11.1. The first-order valence-corrected chi connectivity index (χ1v) is 7.50. The van der Waals surface area contributed by atoms with Crippen molar-refractivity contribution in [2.45, 2.75) is 59.5 Å². The highest BCUT2D eigenvalue weighted by atomic mass is 16.1. The Bertz CT molecular complexity index is 412. The maximum absolute atomic E-state index is 11.6. The molecule has 5 nitrogen and oxygen atoms in total. The molecule has 1 aromatic rings. The standard InChI is InChI=1S/C15H28N4O/c1-12(2)16-8-5-7-15(20)17-9-6-10-19-14(4)11-13(3)18-19/h11-12,16H,5-10H2,1-4H3,(H,17,20). The van der Waals surface area contributed by atoms with E-state index < -0.39 is 0 Å².